The number of hydrogen-bond donors (Lipinski definition) is 10. The van der Waals surface area contributed by atoms with Gasteiger partial charge in [-0.1, -0.05) is 66.7 Å². The number of likely N-dealkylation sites (tertiary alicyclic amines) is 2. The van der Waals surface area contributed by atoms with Gasteiger partial charge in [0.15, 0.2) is 22.8 Å². The lowest BCUT2D eigenvalue weighted by atomic mass is 10.0. The van der Waals surface area contributed by atoms with Crippen molar-refractivity contribution < 1.29 is 50.6 Å². The number of alkyl halides is 2. The maximum absolute atomic E-state index is 14.1. The molecule has 14 heterocycles. The summed E-state index contributed by atoms with van der Waals surface area (Å²) in [6.45, 7) is 3.01. The van der Waals surface area contributed by atoms with Gasteiger partial charge in [0, 0.05) is 155 Å². The SMILES string of the molecule is Nc1cncc(-c2ccc3[nH]nc(C(=O)Nc4ccc(-c5ccccc5F)nc4)c3c2)c1.O=C(Nc1ccc(-c2ccc(F)cc2)nc1)c1n[nH]c2ccc(-c3cncc(CN4CCC(O)CC4)c3)cc12.O=C(Nc1ccc(-c2ccccc2F)nc1)c1n[nH]c2ccc(-c3cccnc3)cc12.O=C(Nc1ccc(-c2ccccc2F)nc1)c1n[nH]c2ccc(-c3cncc(CN4CCC(F)(F)C4)c3)cc12. The summed E-state index contributed by atoms with van der Waals surface area (Å²) in [5.41, 5.74) is 25.4. The molecule has 4 amide bonds. The number of amides is 4. The van der Waals surface area contributed by atoms with Crippen LogP contribution in [0.1, 0.15) is 72.3 Å². The molecule has 22 rings (SSSR count). The van der Waals surface area contributed by atoms with Crippen LogP contribution in [0.15, 0.2) is 323 Å². The Kier molecular flexibility index (Phi) is 26.9. The van der Waals surface area contributed by atoms with Crippen LogP contribution >= 0.6 is 0 Å². The van der Waals surface area contributed by atoms with Gasteiger partial charge < -0.3 is 32.1 Å². The van der Waals surface area contributed by atoms with E-state index in [0.29, 0.717) is 108 Å². The van der Waals surface area contributed by atoms with Gasteiger partial charge in [-0.25, -0.2) is 26.3 Å². The minimum Gasteiger partial charge on any atom is -0.397 e. The van der Waals surface area contributed by atoms with Gasteiger partial charge in [-0.3, -0.25) is 89.2 Å². The van der Waals surface area contributed by atoms with Gasteiger partial charge in [0.05, 0.1) is 111 Å². The normalized spacial score (nSPS) is 13.0. The first kappa shape index (κ1) is 92.1. The number of aliphatic hydroxyl groups excluding tert-OH is 1. The molecule has 8 aromatic carbocycles. The van der Waals surface area contributed by atoms with Crippen LogP contribution in [-0.2, 0) is 13.1 Å². The standard InChI is InChI=1S/C30H27FN6O2.C29H23F3N6O.C24H17FN6O.C24H16FN5O/c31-23-4-1-20(2-5-23)27-8-6-24(17-33-27)34-30(39)29-26-14-21(3-7-28(26)35-36-29)22-13-19(15-32-16-22)18-37-11-9-25(38)10-12-37;30-24-4-2-1-3-22(24)25-8-6-21(15-34-25)35-28(39)27-23-12-19(5-7-26(23)36-37-27)20-11-18(13-33-14-20)16-38-10-9-29(31,32)17-38;25-20-4-2-1-3-18(20)21-8-6-17(13-28-21)29-24(32)23-19-10-14(5-7-22(19)30-31-23)15-9-16(26)12-27-11-15;25-20-6-2-1-5-18(20)21-10-8-17(14-27-21)28-24(31)23-19-12-15(7-9-22(19)29-30-23)16-4-3-11-26-13-16/h1-8,13-17,25,38H,9-12,18H2,(H,34,39)(H,35,36);1-8,11-15H,9-10,16-17H2,(H,35,39)(H,36,37);1-13H,26H2,(H,29,32)(H,30,31);1-14H,(H,28,31)(H,29,30). The molecule has 2 saturated heterocycles. The second kappa shape index (κ2) is 41.3. The Morgan fingerprint density at radius 2 is 0.709 bits per heavy atom. The third-order valence-corrected chi connectivity index (χ3v) is 23.7. The highest BCUT2D eigenvalue weighted by Crippen LogP contribution is 2.36. The summed E-state index contributed by atoms with van der Waals surface area (Å²) in [6, 6.07) is 71.2. The zero-order valence-corrected chi connectivity index (χ0v) is 74.7. The van der Waals surface area contributed by atoms with Crippen molar-refractivity contribution in [3.8, 4) is 89.5 Å². The Morgan fingerprint density at radius 3 is 1.06 bits per heavy atom. The molecule has 11 N–H and O–H groups in total. The number of hydrogen-bond acceptors (Lipinski definition) is 20. The number of benzene rings is 8. The zero-order valence-electron chi connectivity index (χ0n) is 74.7. The van der Waals surface area contributed by atoms with Crippen molar-refractivity contribution in [2.45, 2.75) is 44.4 Å². The fraction of sp³-hybridized carbons (Fsp3) is 0.103. The second-order valence-corrected chi connectivity index (χ2v) is 33.6. The molecule has 34 heteroatoms. The number of carbonyl (C=O) groups is 4. The Balaban J connectivity index is 0.000000120. The van der Waals surface area contributed by atoms with E-state index >= 15 is 0 Å². The topological polar surface area (TPSA) is 387 Å². The molecule has 141 heavy (non-hydrogen) atoms. The van der Waals surface area contributed by atoms with E-state index in [-0.39, 0.29) is 82.8 Å². The molecule has 0 atom stereocenters. The average Bonchev–Trinajstić information content (AvgIpc) is 1.73. The van der Waals surface area contributed by atoms with Gasteiger partial charge in [0.2, 0.25) is 0 Å². The van der Waals surface area contributed by atoms with Gasteiger partial charge in [-0.15, -0.1) is 0 Å². The van der Waals surface area contributed by atoms with E-state index in [4.69, 9.17) is 5.73 Å². The van der Waals surface area contributed by atoms with Crippen molar-refractivity contribution in [2.75, 3.05) is 53.2 Å². The Bertz CT molecular complexity index is 7970. The van der Waals surface area contributed by atoms with Crippen LogP contribution in [0.5, 0.6) is 0 Å². The number of anilines is 5. The Morgan fingerprint density at radius 1 is 0.355 bits per heavy atom. The number of piperidine rings is 1. The van der Waals surface area contributed by atoms with Crippen LogP contribution < -0.4 is 27.0 Å². The molecule has 20 aromatic rings. The molecule has 2 fully saturated rings. The summed E-state index contributed by atoms with van der Waals surface area (Å²) < 4.78 is 82.4. The Labute approximate surface area is 799 Å². The summed E-state index contributed by atoms with van der Waals surface area (Å²) in [6.07, 6.45) is 21.1. The van der Waals surface area contributed by atoms with Crippen molar-refractivity contribution in [3.63, 3.8) is 0 Å². The summed E-state index contributed by atoms with van der Waals surface area (Å²) in [5.74, 6) is -5.57. The van der Waals surface area contributed by atoms with Crippen LogP contribution in [-0.4, -0.2) is 157 Å². The largest absolute Gasteiger partial charge is 0.397 e. The number of nitrogens with one attached hydrogen (secondary N) is 8. The highest BCUT2D eigenvalue weighted by atomic mass is 19.3. The molecule has 0 radical (unpaired) electrons. The number of fused-ring (bicyclic) bond motifs is 4. The number of rotatable bonds is 20. The number of aliphatic hydroxyl groups is 1. The molecule has 0 saturated carbocycles. The van der Waals surface area contributed by atoms with Crippen LogP contribution in [0.25, 0.3) is 133 Å². The van der Waals surface area contributed by atoms with E-state index < -0.39 is 11.8 Å². The summed E-state index contributed by atoms with van der Waals surface area (Å²) in [5, 5.41) is 52.1. The van der Waals surface area contributed by atoms with Crippen LogP contribution in [0.2, 0.25) is 0 Å². The number of pyridine rings is 8. The lowest BCUT2D eigenvalue weighted by Crippen LogP contribution is -2.35. The Hall–Kier alpha value is -18.0. The molecule has 12 aromatic heterocycles. The van der Waals surface area contributed by atoms with Gasteiger partial charge >= 0.3 is 0 Å². The van der Waals surface area contributed by atoms with Crippen molar-refractivity contribution in [3.05, 3.63) is 380 Å². The molecule has 2 aliphatic rings. The van der Waals surface area contributed by atoms with Crippen molar-refractivity contribution in [1.82, 2.24) is 90.5 Å². The highest BCUT2D eigenvalue weighted by Gasteiger charge is 2.38. The number of H-pyrrole nitrogens is 4. The predicted molar refractivity (Wildman–Crippen MR) is 527 cm³/mol. The number of nitrogens with two attached hydrogens (primary N) is 1. The van der Waals surface area contributed by atoms with E-state index in [2.05, 4.69) is 113 Å². The molecular formula is C107H83F6N23O5. The monoisotopic (exact) mass is 1880 g/mol. The molecule has 0 spiro atoms. The van der Waals surface area contributed by atoms with E-state index in [1.807, 2.05) is 109 Å². The molecule has 28 nitrogen and oxygen atoms in total. The fourth-order valence-corrected chi connectivity index (χ4v) is 16.5. The van der Waals surface area contributed by atoms with Crippen molar-refractivity contribution in [1.29, 1.82) is 0 Å². The van der Waals surface area contributed by atoms with Crippen molar-refractivity contribution >= 4 is 95.7 Å². The first-order valence-electron chi connectivity index (χ1n) is 44.7. The third kappa shape index (κ3) is 21.8. The summed E-state index contributed by atoms with van der Waals surface area (Å²) in [4.78, 5) is 90.2. The zero-order chi connectivity index (χ0) is 97.0. The average molecular weight is 1880 g/mol. The van der Waals surface area contributed by atoms with Crippen LogP contribution in [0.4, 0.5) is 54.8 Å². The maximum Gasteiger partial charge on any atom is 0.276 e. The first-order valence-corrected chi connectivity index (χ1v) is 44.7. The number of aromatic amines is 4. The van der Waals surface area contributed by atoms with E-state index in [0.717, 1.165) is 110 Å². The fourth-order valence-electron chi connectivity index (χ4n) is 16.5. The number of nitrogens with zero attached hydrogens (tertiary/aromatic N) is 14. The minimum absolute atomic E-state index is 0.131. The summed E-state index contributed by atoms with van der Waals surface area (Å²) >= 11 is 0. The van der Waals surface area contributed by atoms with Gasteiger partial charge in [0.1, 0.15) is 23.3 Å². The first-order chi connectivity index (χ1) is 68.6. The van der Waals surface area contributed by atoms with E-state index in [1.165, 1.54) is 48.9 Å². The number of nitrogen functional groups attached to an aromatic ring is 1. The van der Waals surface area contributed by atoms with E-state index in [9.17, 15) is 50.6 Å². The molecule has 0 aliphatic carbocycles. The number of halogens is 6. The molecule has 0 bridgehead atoms. The maximum atomic E-state index is 14.1. The third-order valence-electron chi connectivity index (χ3n) is 23.7. The van der Waals surface area contributed by atoms with Gasteiger partial charge in [-0.05, 0) is 228 Å². The molecule has 2 aliphatic heterocycles. The van der Waals surface area contributed by atoms with Gasteiger partial charge in [0.25, 0.3) is 29.6 Å². The second-order valence-electron chi connectivity index (χ2n) is 33.6. The molecule has 698 valence electrons. The smallest absolute Gasteiger partial charge is 0.276 e. The number of carbonyl (C=O) groups excluding carboxylic acids is 4. The van der Waals surface area contributed by atoms with E-state index in [1.54, 1.807) is 164 Å². The van der Waals surface area contributed by atoms with Crippen LogP contribution in [0.3, 0.4) is 0 Å². The van der Waals surface area contributed by atoms with Gasteiger partial charge in [-0.2, -0.15) is 20.4 Å². The molecular weight excluding hydrogens is 1800 g/mol. The van der Waals surface area contributed by atoms with Crippen molar-refractivity contribution in [2.24, 2.45) is 0 Å². The lowest BCUT2D eigenvalue weighted by molar-refractivity contribution is 0.0114. The quantitative estimate of drug-likeness (QED) is 0.0317. The molecule has 0 unspecified atom stereocenters. The minimum atomic E-state index is -2.65. The van der Waals surface area contributed by atoms with Crippen LogP contribution in [0, 0.1) is 23.3 Å². The predicted octanol–water partition coefficient (Wildman–Crippen LogP) is 20.7. The highest BCUT2D eigenvalue weighted by molar-refractivity contribution is 6.15. The lowest BCUT2D eigenvalue weighted by Gasteiger charge is -2.29. The summed E-state index contributed by atoms with van der Waals surface area (Å²) in [7, 11) is 0. The number of aromatic nitrogens is 16.